The maximum Gasteiger partial charge on any atom is 0.227 e. The Labute approximate surface area is 150 Å². The first kappa shape index (κ1) is 16.9. The molecule has 2 heterocycles. The van der Waals surface area contributed by atoms with Crippen molar-refractivity contribution < 1.29 is 4.52 Å². The second-order valence-corrected chi connectivity index (χ2v) is 6.11. The zero-order valence-electron chi connectivity index (χ0n) is 14.1. The van der Waals surface area contributed by atoms with E-state index in [1.807, 2.05) is 44.4 Å². The number of nitrogens with zero attached hydrogens (tertiary/aromatic N) is 3. The Kier molecular flexibility index (Phi) is 4.91. The Balaban J connectivity index is 1.92. The highest BCUT2D eigenvalue weighted by molar-refractivity contribution is 7.98. The molecule has 0 atom stereocenters. The van der Waals surface area contributed by atoms with Crippen molar-refractivity contribution >= 4 is 23.4 Å². The van der Waals surface area contributed by atoms with E-state index in [1.54, 1.807) is 6.20 Å². The van der Waals surface area contributed by atoms with Crippen LogP contribution in [-0.2, 0) is 0 Å². The normalized spacial score (nSPS) is 10.2. The predicted octanol–water partition coefficient (Wildman–Crippen LogP) is 3.48. The van der Waals surface area contributed by atoms with Crippen molar-refractivity contribution in [3.8, 4) is 23.2 Å². The van der Waals surface area contributed by atoms with Crippen molar-refractivity contribution in [3.05, 3.63) is 47.3 Å². The third-order valence-electron chi connectivity index (χ3n) is 3.63. The second kappa shape index (κ2) is 7.28. The molecular formula is C18H17N5OS. The minimum absolute atomic E-state index is 0.505. The van der Waals surface area contributed by atoms with Crippen LogP contribution >= 0.6 is 11.8 Å². The van der Waals surface area contributed by atoms with Crippen LogP contribution in [0.4, 0.5) is 11.6 Å². The first-order chi connectivity index (χ1) is 12.1. The van der Waals surface area contributed by atoms with Gasteiger partial charge in [-0.25, -0.2) is 9.97 Å². The molecule has 3 N–H and O–H groups in total. The summed E-state index contributed by atoms with van der Waals surface area (Å²) in [6, 6.07) is 10.0. The van der Waals surface area contributed by atoms with Crippen molar-refractivity contribution in [1.82, 2.24) is 15.1 Å². The fourth-order valence-electron chi connectivity index (χ4n) is 2.42. The summed E-state index contributed by atoms with van der Waals surface area (Å²) >= 11 is 1.52. The molecule has 6 nitrogen and oxygen atoms in total. The standard InChI is InChI=1S/C18H17N5OS/c1-11-10-13(6-8-19)4-5-14(11)21-18-20-9-7-15(22-18)16-12(2)24-23-17(16)25-3/h4-5,7,9-10H,19H2,1-3H3,(H,20,21,22). The highest BCUT2D eigenvalue weighted by Crippen LogP contribution is 2.31. The molecular weight excluding hydrogens is 334 g/mol. The minimum atomic E-state index is 0.505. The number of anilines is 2. The van der Waals surface area contributed by atoms with E-state index in [1.165, 1.54) is 11.8 Å². The van der Waals surface area contributed by atoms with Crippen molar-refractivity contribution in [2.75, 3.05) is 11.6 Å². The molecule has 0 aliphatic carbocycles. The van der Waals surface area contributed by atoms with E-state index in [0.29, 0.717) is 5.95 Å². The average Bonchev–Trinajstić information content (AvgIpc) is 2.98. The average molecular weight is 351 g/mol. The van der Waals surface area contributed by atoms with Gasteiger partial charge in [0.1, 0.15) is 10.8 Å². The molecule has 0 saturated heterocycles. The molecule has 0 fully saturated rings. The van der Waals surface area contributed by atoms with Crippen LogP contribution in [0.3, 0.4) is 0 Å². The van der Waals surface area contributed by atoms with Gasteiger partial charge in [-0.2, -0.15) is 0 Å². The van der Waals surface area contributed by atoms with Gasteiger partial charge in [-0.1, -0.05) is 5.16 Å². The Morgan fingerprint density at radius 2 is 2.08 bits per heavy atom. The Morgan fingerprint density at radius 1 is 1.24 bits per heavy atom. The van der Waals surface area contributed by atoms with Crippen molar-refractivity contribution in [3.63, 3.8) is 0 Å². The largest absolute Gasteiger partial charge is 0.360 e. The predicted molar refractivity (Wildman–Crippen MR) is 99.6 cm³/mol. The highest BCUT2D eigenvalue weighted by Gasteiger charge is 2.16. The smallest absolute Gasteiger partial charge is 0.227 e. The first-order valence-electron chi connectivity index (χ1n) is 7.55. The number of aromatic nitrogens is 3. The summed E-state index contributed by atoms with van der Waals surface area (Å²) in [5.41, 5.74) is 9.72. The van der Waals surface area contributed by atoms with E-state index in [2.05, 4.69) is 32.4 Å². The van der Waals surface area contributed by atoms with Gasteiger partial charge in [-0.15, -0.1) is 11.8 Å². The van der Waals surface area contributed by atoms with Crippen molar-refractivity contribution in [2.45, 2.75) is 18.9 Å². The third-order valence-corrected chi connectivity index (χ3v) is 4.29. The quantitative estimate of drug-likeness (QED) is 0.422. The lowest BCUT2D eigenvalue weighted by Crippen LogP contribution is -2.00. The number of rotatable bonds is 4. The molecule has 0 saturated carbocycles. The lowest BCUT2D eigenvalue weighted by Gasteiger charge is -2.09. The Morgan fingerprint density at radius 3 is 2.80 bits per heavy atom. The molecule has 7 heteroatoms. The van der Waals surface area contributed by atoms with Gasteiger partial charge in [0.15, 0.2) is 0 Å². The van der Waals surface area contributed by atoms with E-state index >= 15 is 0 Å². The van der Waals surface area contributed by atoms with E-state index in [4.69, 9.17) is 10.3 Å². The number of nitrogens with one attached hydrogen (secondary N) is 1. The first-order valence-corrected chi connectivity index (χ1v) is 8.78. The zero-order chi connectivity index (χ0) is 17.8. The summed E-state index contributed by atoms with van der Waals surface area (Å²) in [4.78, 5) is 8.90. The summed E-state index contributed by atoms with van der Waals surface area (Å²) in [5, 5.41) is 8.10. The van der Waals surface area contributed by atoms with Gasteiger partial charge in [0, 0.05) is 23.5 Å². The lowest BCUT2D eigenvalue weighted by molar-refractivity contribution is 0.384. The number of nitrogens with two attached hydrogens (primary N) is 1. The van der Waals surface area contributed by atoms with E-state index in [0.717, 1.165) is 38.9 Å². The van der Waals surface area contributed by atoms with Crippen LogP contribution in [0.15, 0.2) is 40.0 Å². The van der Waals surface area contributed by atoms with Gasteiger partial charge in [-0.05, 0) is 55.9 Å². The summed E-state index contributed by atoms with van der Waals surface area (Å²) in [6.07, 6.45) is 3.67. The second-order valence-electron chi connectivity index (χ2n) is 5.31. The van der Waals surface area contributed by atoms with Gasteiger partial charge < -0.3 is 15.6 Å². The number of thioether (sulfide) groups is 1. The Bertz CT molecular complexity index is 971. The summed E-state index contributed by atoms with van der Waals surface area (Å²) in [6.45, 7) is 3.86. The van der Waals surface area contributed by atoms with E-state index in [-0.39, 0.29) is 0 Å². The van der Waals surface area contributed by atoms with Gasteiger partial charge in [0.25, 0.3) is 0 Å². The van der Waals surface area contributed by atoms with Crippen LogP contribution in [0.1, 0.15) is 16.9 Å². The molecule has 0 aliphatic rings. The minimum Gasteiger partial charge on any atom is -0.360 e. The Hall–Kier alpha value is -2.98. The van der Waals surface area contributed by atoms with Crippen LogP contribution in [0.25, 0.3) is 11.3 Å². The van der Waals surface area contributed by atoms with Crippen LogP contribution < -0.4 is 11.1 Å². The van der Waals surface area contributed by atoms with E-state index < -0.39 is 0 Å². The SMILES string of the molecule is CSc1noc(C)c1-c1ccnc(Nc2ccc(C#CN)cc2C)n1. The van der Waals surface area contributed by atoms with Crippen molar-refractivity contribution in [2.24, 2.45) is 5.73 Å². The number of hydrogen-bond donors (Lipinski definition) is 2. The van der Waals surface area contributed by atoms with Gasteiger partial charge in [0.05, 0.1) is 11.3 Å². The molecule has 1 aromatic carbocycles. The third kappa shape index (κ3) is 3.59. The molecule has 126 valence electrons. The molecule has 25 heavy (non-hydrogen) atoms. The summed E-state index contributed by atoms with van der Waals surface area (Å²) in [5.74, 6) is 4.07. The molecule has 0 aliphatic heterocycles. The highest BCUT2D eigenvalue weighted by atomic mass is 32.2. The van der Waals surface area contributed by atoms with Crippen LogP contribution in [-0.4, -0.2) is 21.4 Å². The molecule has 0 radical (unpaired) electrons. The molecule has 0 bridgehead atoms. The monoisotopic (exact) mass is 351 g/mol. The van der Waals surface area contributed by atoms with Crippen LogP contribution in [0, 0.1) is 25.8 Å². The molecule has 2 aromatic heterocycles. The fourth-order valence-corrected chi connectivity index (χ4v) is 2.99. The topological polar surface area (TPSA) is 89.9 Å². The van der Waals surface area contributed by atoms with Gasteiger partial charge in [-0.3, -0.25) is 0 Å². The van der Waals surface area contributed by atoms with Crippen LogP contribution in [0.5, 0.6) is 0 Å². The molecule has 0 spiro atoms. The van der Waals surface area contributed by atoms with Crippen LogP contribution in [0.2, 0.25) is 0 Å². The fraction of sp³-hybridized carbons (Fsp3) is 0.167. The van der Waals surface area contributed by atoms with Gasteiger partial charge >= 0.3 is 0 Å². The maximum atomic E-state index is 5.28. The molecule has 0 unspecified atom stereocenters. The molecule has 0 amide bonds. The molecule has 3 aromatic rings. The zero-order valence-corrected chi connectivity index (χ0v) is 14.9. The van der Waals surface area contributed by atoms with Crippen molar-refractivity contribution in [1.29, 1.82) is 0 Å². The van der Waals surface area contributed by atoms with Gasteiger partial charge in [0.2, 0.25) is 5.95 Å². The maximum absolute atomic E-state index is 5.28. The number of aryl methyl sites for hydroxylation is 2. The van der Waals surface area contributed by atoms with E-state index in [9.17, 15) is 0 Å². The molecule has 3 rings (SSSR count). The number of benzene rings is 1. The summed E-state index contributed by atoms with van der Waals surface area (Å²) in [7, 11) is 0. The summed E-state index contributed by atoms with van der Waals surface area (Å²) < 4.78 is 5.28. The lowest BCUT2D eigenvalue weighted by atomic mass is 10.1. The number of hydrogen-bond acceptors (Lipinski definition) is 7.